The largest absolute Gasteiger partial charge is 0.460 e. The first kappa shape index (κ1) is 18.4. The third-order valence-corrected chi connectivity index (χ3v) is 5.31. The normalized spacial score (nSPS) is 15.1. The average molecular weight is 391 g/mol. The summed E-state index contributed by atoms with van der Waals surface area (Å²) in [7, 11) is 0. The molecule has 1 aliphatic carbocycles. The Morgan fingerprint density at radius 2 is 1.82 bits per heavy atom. The van der Waals surface area contributed by atoms with Crippen LogP contribution in [0, 0.1) is 0 Å². The Bertz CT molecular complexity index is 1020. The molecule has 0 bridgehead atoms. The van der Waals surface area contributed by atoms with Gasteiger partial charge in [-0.3, -0.25) is 0 Å². The van der Waals surface area contributed by atoms with E-state index in [4.69, 9.17) is 17.0 Å². The summed E-state index contributed by atoms with van der Waals surface area (Å²) in [5.74, 6) is -0.323. The Labute approximate surface area is 169 Å². The van der Waals surface area contributed by atoms with Crippen LogP contribution in [0.5, 0.6) is 0 Å². The SMILES string of the molecule is O=C(OCCNC(=S)NC1CCc2ccccc21)c1ccc2ccccc2c1. The predicted molar refractivity (Wildman–Crippen MR) is 115 cm³/mol. The number of esters is 1. The standard InChI is InChI=1S/C23H22N2O2S/c26-22(19-10-9-16-5-1-2-7-18(16)15-19)27-14-13-24-23(28)25-21-12-11-17-6-3-4-8-20(17)21/h1-10,15,21H,11-14H2,(H2,24,25,28). The Balaban J connectivity index is 1.23. The molecule has 0 spiro atoms. The first-order valence-electron chi connectivity index (χ1n) is 9.49. The fraction of sp³-hybridized carbons (Fsp3) is 0.217. The molecule has 28 heavy (non-hydrogen) atoms. The number of carbonyl (C=O) groups excluding carboxylic acids is 1. The lowest BCUT2D eigenvalue weighted by atomic mass is 10.1. The van der Waals surface area contributed by atoms with Crippen LogP contribution < -0.4 is 10.6 Å². The van der Waals surface area contributed by atoms with E-state index in [1.807, 2.05) is 36.4 Å². The van der Waals surface area contributed by atoms with E-state index in [9.17, 15) is 4.79 Å². The van der Waals surface area contributed by atoms with E-state index in [1.165, 1.54) is 11.1 Å². The lowest BCUT2D eigenvalue weighted by Crippen LogP contribution is -2.38. The molecule has 0 aliphatic heterocycles. The summed E-state index contributed by atoms with van der Waals surface area (Å²) in [5, 5.41) is 9.19. The number of aryl methyl sites for hydroxylation is 1. The van der Waals surface area contributed by atoms with Crippen molar-refractivity contribution in [1.29, 1.82) is 0 Å². The van der Waals surface area contributed by atoms with Crippen molar-refractivity contribution in [3.63, 3.8) is 0 Å². The van der Waals surface area contributed by atoms with Gasteiger partial charge < -0.3 is 15.4 Å². The van der Waals surface area contributed by atoms with Crippen LogP contribution in [0.2, 0.25) is 0 Å². The molecule has 5 heteroatoms. The number of thiocarbonyl (C=S) groups is 1. The van der Waals surface area contributed by atoms with Gasteiger partial charge in [-0.05, 0) is 59.1 Å². The van der Waals surface area contributed by atoms with Gasteiger partial charge in [-0.2, -0.15) is 0 Å². The first-order valence-corrected chi connectivity index (χ1v) is 9.89. The van der Waals surface area contributed by atoms with E-state index in [-0.39, 0.29) is 18.6 Å². The van der Waals surface area contributed by atoms with Gasteiger partial charge in [0.15, 0.2) is 5.11 Å². The molecular weight excluding hydrogens is 368 g/mol. The third kappa shape index (κ3) is 4.15. The summed E-state index contributed by atoms with van der Waals surface area (Å²) in [6.45, 7) is 0.730. The molecule has 3 aromatic rings. The van der Waals surface area contributed by atoms with Crippen LogP contribution in [0.1, 0.15) is 33.9 Å². The van der Waals surface area contributed by atoms with Gasteiger partial charge in [-0.1, -0.05) is 54.6 Å². The molecule has 0 radical (unpaired) electrons. The molecule has 4 rings (SSSR count). The molecule has 1 atom stereocenters. The van der Waals surface area contributed by atoms with Crippen molar-refractivity contribution >= 4 is 34.1 Å². The second-order valence-electron chi connectivity index (χ2n) is 6.89. The Morgan fingerprint density at radius 1 is 1.04 bits per heavy atom. The molecule has 0 heterocycles. The zero-order valence-corrected chi connectivity index (χ0v) is 16.3. The van der Waals surface area contributed by atoms with Gasteiger partial charge in [-0.25, -0.2) is 4.79 Å². The summed E-state index contributed by atoms with van der Waals surface area (Å²) < 4.78 is 5.36. The number of benzene rings is 3. The number of hydrogen-bond acceptors (Lipinski definition) is 3. The van der Waals surface area contributed by atoms with Crippen molar-refractivity contribution in [2.24, 2.45) is 0 Å². The zero-order chi connectivity index (χ0) is 19.3. The molecule has 142 valence electrons. The van der Waals surface area contributed by atoms with Gasteiger partial charge in [0, 0.05) is 0 Å². The molecule has 1 unspecified atom stereocenters. The van der Waals surface area contributed by atoms with Gasteiger partial charge in [0.1, 0.15) is 6.61 Å². The van der Waals surface area contributed by atoms with E-state index in [0.29, 0.717) is 17.2 Å². The minimum absolute atomic E-state index is 0.247. The summed E-state index contributed by atoms with van der Waals surface area (Å²) in [6, 6.07) is 22.2. The van der Waals surface area contributed by atoms with Crippen molar-refractivity contribution in [1.82, 2.24) is 10.6 Å². The zero-order valence-electron chi connectivity index (χ0n) is 15.5. The molecule has 0 aromatic heterocycles. The van der Waals surface area contributed by atoms with Crippen LogP contribution in [0.15, 0.2) is 66.7 Å². The van der Waals surface area contributed by atoms with Gasteiger partial charge in [0.25, 0.3) is 0 Å². The number of carbonyl (C=O) groups is 1. The highest BCUT2D eigenvalue weighted by atomic mass is 32.1. The molecule has 1 aliphatic rings. The van der Waals surface area contributed by atoms with Crippen LogP contribution in [0.3, 0.4) is 0 Å². The maximum absolute atomic E-state index is 12.3. The minimum atomic E-state index is -0.323. The Morgan fingerprint density at radius 3 is 2.71 bits per heavy atom. The molecule has 3 aromatic carbocycles. The monoisotopic (exact) mass is 390 g/mol. The van der Waals surface area contributed by atoms with Crippen LogP contribution in [0.4, 0.5) is 0 Å². The van der Waals surface area contributed by atoms with Crippen molar-refractivity contribution in [3.8, 4) is 0 Å². The van der Waals surface area contributed by atoms with Crippen LogP contribution >= 0.6 is 12.2 Å². The van der Waals surface area contributed by atoms with Crippen LogP contribution in [-0.2, 0) is 11.2 Å². The number of ether oxygens (including phenoxy) is 1. The van der Waals surface area contributed by atoms with Crippen molar-refractivity contribution in [3.05, 3.63) is 83.4 Å². The van der Waals surface area contributed by atoms with Crippen LogP contribution in [0.25, 0.3) is 10.8 Å². The average Bonchev–Trinajstić information content (AvgIpc) is 3.13. The molecule has 0 saturated heterocycles. The van der Waals surface area contributed by atoms with Gasteiger partial charge in [-0.15, -0.1) is 0 Å². The minimum Gasteiger partial charge on any atom is -0.460 e. The number of hydrogen-bond donors (Lipinski definition) is 2. The van der Waals surface area contributed by atoms with Crippen LogP contribution in [-0.4, -0.2) is 24.2 Å². The van der Waals surface area contributed by atoms with Crippen molar-refractivity contribution in [2.75, 3.05) is 13.2 Å². The number of nitrogens with one attached hydrogen (secondary N) is 2. The summed E-state index contributed by atoms with van der Waals surface area (Å²) in [5.41, 5.74) is 3.25. The smallest absolute Gasteiger partial charge is 0.338 e. The number of rotatable bonds is 5. The molecule has 4 nitrogen and oxygen atoms in total. The van der Waals surface area contributed by atoms with Gasteiger partial charge in [0.2, 0.25) is 0 Å². The molecule has 2 N–H and O–H groups in total. The highest BCUT2D eigenvalue weighted by Gasteiger charge is 2.22. The topological polar surface area (TPSA) is 50.4 Å². The Hall–Kier alpha value is -2.92. The fourth-order valence-electron chi connectivity index (χ4n) is 3.62. The third-order valence-electron chi connectivity index (χ3n) is 5.04. The van der Waals surface area contributed by atoms with Gasteiger partial charge >= 0.3 is 5.97 Å². The summed E-state index contributed by atoms with van der Waals surface area (Å²) in [4.78, 5) is 12.3. The summed E-state index contributed by atoms with van der Waals surface area (Å²) >= 11 is 5.38. The van der Waals surface area contributed by atoms with Crippen molar-refractivity contribution < 1.29 is 9.53 Å². The number of fused-ring (bicyclic) bond motifs is 2. The second-order valence-corrected chi connectivity index (χ2v) is 7.30. The highest BCUT2D eigenvalue weighted by Crippen LogP contribution is 2.30. The second kappa shape index (κ2) is 8.40. The Kier molecular flexibility index (Phi) is 5.53. The van der Waals surface area contributed by atoms with Gasteiger partial charge in [0.05, 0.1) is 18.2 Å². The lowest BCUT2D eigenvalue weighted by molar-refractivity contribution is 0.0513. The fourth-order valence-corrected chi connectivity index (χ4v) is 3.87. The summed E-state index contributed by atoms with van der Waals surface area (Å²) in [6.07, 6.45) is 2.11. The van der Waals surface area contributed by atoms with Crippen molar-refractivity contribution in [2.45, 2.75) is 18.9 Å². The maximum atomic E-state index is 12.3. The predicted octanol–water partition coefficient (Wildman–Crippen LogP) is 4.15. The quantitative estimate of drug-likeness (QED) is 0.389. The van der Waals surface area contributed by atoms with E-state index in [0.717, 1.165) is 23.6 Å². The van der Waals surface area contributed by atoms with E-state index < -0.39 is 0 Å². The first-order chi connectivity index (χ1) is 13.7. The highest BCUT2D eigenvalue weighted by molar-refractivity contribution is 7.80. The molecule has 0 fully saturated rings. The lowest BCUT2D eigenvalue weighted by Gasteiger charge is -2.17. The van der Waals surface area contributed by atoms with E-state index >= 15 is 0 Å². The molecule has 0 saturated carbocycles. The molecule has 0 amide bonds. The molecular formula is C23H22N2O2S. The van der Waals surface area contributed by atoms with E-state index in [2.05, 4.69) is 34.9 Å². The maximum Gasteiger partial charge on any atom is 0.338 e. The van der Waals surface area contributed by atoms with E-state index in [1.54, 1.807) is 6.07 Å².